The van der Waals surface area contributed by atoms with Crippen LogP contribution in [0.1, 0.15) is 35.6 Å². The quantitative estimate of drug-likeness (QED) is 0.0730. The summed E-state index contributed by atoms with van der Waals surface area (Å²) in [5.74, 6) is 0.898. The van der Waals surface area contributed by atoms with Gasteiger partial charge in [-0.2, -0.15) is 20.2 Å². The van der Waals surface area contributed by atoms with Crippen LogP contribution in [0.3, 0.4) is 0 Å². The number of nitrogens with two attached hydrogens (primary N) is 1. The number of aliphatic hydroxyl groups excluding tert-OH is 1. The number of ether oxygens (including phenoxy) is 2. The highest BCUT2D eigenvalue weighted by atomic mass is 79.9. The molecule has 13 nitrogen and oxygen atoms in total. The van der Waals surface area contributed by atoms with Gasteiger partial charge in [-0.3, -0.25) is 0 Å². The van der Waals surface area contributed by atoms with Crippen LogP contribution in [0.2, 0.25) is 10.4 Å². The number of fused-ring (bicyclic) bond motifs is 2. The monoisotopic (exact) mass is 766 g/mol. The number of aromatic nitrogens is 6. The number of hydrogen-bond acceptors (Lipinski definition) is 11. The minimum atomic E-state index is 0.122. The van der Waals surface area contributed by atoms with Gasteiger partial charge in [0.1, 0.15) is 5.15 Å². The van der Waals surface area contributed by atoms with E-state index >= 15 is 0 Å². The van der Waals surface area contributed by atoms with Crippen molar-refractivity contribution in [1.82, 2.24) is 29.5 Å². The summed E-state index contributed by atoms with van der Waals surface area (Å²) in [6, 6.07) is 17.3. The minimum Gasteiger partial charge on any atom is -0.463 e. The molecule has 0 spiro atoms. The van der Waals surface area contributed by atoms with Crippen molar-refractivity contribution < 1.29 is 14.6 Å². The van der Waals surface area contributed by atoms with E-state index in [1.807, 2.05) is 47.9 Å². The molecule has 0 saturated heterocycles. The molecule has 5 aromatic rings. The van der Waals surface area contributed by atoms with Crippen molar-refractivity contribution in [2.24, 2.45) is 4.99 Å². The van der Waals surface area contributed by atoms with Crippen LogP contribution >= 0.6 is 39.1 Å². The first-order valence-electron chi connectivity index (χ1n) is 14.7. The molecule has 0 fully saturated rings. The molecule has 1 aliphatic heterocycles. The molecule has 0 amide bonds. The van der Waals surface area contributed by atoms with Gasteiger partial charge in [0.25, 0.3) is 0 Å². The maximum atomic E-state index is 8.85. The first kappa shape index (κ1) is 38.7. The molecule has 2 aromatic carbocycles. The summed E-state index contributed by atoms with van der Waals surface area (Å²) >= 11 is 14.6. The van der Waals surface area contributed by atoms with E-state index in [1.165, 1.54) is 5.56 Å². The zero-order chi connectivity index (χ0) is 35.6. The number of nitrogens with zero attached hydrogens (tertiary/aromatic N) is 9. The summed E-state index contributed by atoms with van der Waals surface area (Å²) in [5, 5.41) is 18.2. The molecular formula is C33H33BrCl2N10O3. The molecule has 4 heterocycles. The molecule has 3 aromatic heterocycles. The molecule has 0 atom stereocenters. The Morgan fingerprint density at radius 1 is 1.06 bits per heavy atom. The lowest BCUT2D eigenvalue weighted by Gasteiger charge is -2.07. The fourth-order valence-electron chi connectivity index (χ4n) is 3.88. The number of nitrogen functional groups attached to an aromatic ring is 1. The molecule has 0 saturated carbocycles. The standard InChI is InChI=1S/C16H16N6O.C8H6BrN.C6H3Cl2N3.C3H8O2/c1-2-7-23-16-20-14(18)13-15(21-16)22(10-19-13)9-12-5-3-11(8-17)4-6-12;1-10-8-4-2-7(6-9)3-5-8;7-4-3-1-2-9-5(3)11-6(8)10-4;1-5-3-2-4/h3-6,10H,2,7,9H2,1H3,(H2,18,20,21);2-5H,6H2;2H,1H2;4H,2-3H2,1H3. The number of alkyl halides is 1. The minimum absolute atomic E-state index is 0.122. The van der Waals surface area contributed by atoms with Crippen LogP contribution in [0.15, 0.2) is 59.9 Å². The van der Waals surface area contributed by atoms with Gasteiger partial charge in [0.15, 0.2) is 28.5 Å². The highest BCUT2D eigenvalue weighted by molar-refractivity contribution is 9.08. The highest BCUT2D eigenvalue weighted by Gasteiger charge is 2.14. The number of nitriles is 1. The molecule has 1 aliphatic rings. The van der Waals surface area contributed by atoms with Gasteiger partial charge < -0.3 is 24.9 Å². The Bertz CT molecular complexity index is 1910. The molecule has 0 bridgehead atoms. The summed E-state index contributed by atoms with van der Waals surface area (Å²) in [5.41, 5.74) is 11.5. The molecule has 0 radical (unpaired) electrons. The Labute approximate surface area is 302 Å². The molecular weight excluding hydrogens is 735 g/mol. The van der Waals surface area contributed by atoms with Crippen molar-refractivity contribution >= 4 is 73.8 Å². The molecule has 254 valence electrons. The lowest BCUT2D eigenvalue weighted by molar-refractivity contribution is 0.135. The highest BCUT2D eigenvalue weighted by Crippen LogP contribution is 2.28. The number of imidazole rings is 1. The first-order chi connectivity index (χ1) is 23.8. The Balaban J connectivity index is 0.000000207. The number of aliphatic hydroxyl groups is 1. The summed E-state index contributed by atoms with van der Waals surface area (Å²) in [4.78, 5) is 27.7. The number of halogens is 3. The Kier molecular flexibility index (Phi) is 16.3. The van der Waals surface area contributed by atoms with E-state index in [9.17, 15) is 0 Å². The van der Waals surface area contributed by atoms with Gasteiger partial charge in [-0.1, -0.05) is 70.9 Å². The molecule has 0 unspecified atom stereocenters. The number of aliphatic imine (C=N–C) groups is 1. The Morgan fingerprint density at radius 3 is 2.37 bits per heavy atom. The van der Waals surface area contributed by atoms with Gasteiger partial charge in [-0.15, -0.1) is 0 Å². The van der Waals surface area contributed by atoms with Crippen LogP contribution in [0.4, 0.5) is 17.3 Å². The van der Waals surface area contributed by atoms with E-state index in [-0.39, 0.29) is 17.9 Å². The van der Waals surface area contributed by atoms with E-state index in [1.54, 1.807) is 31.8 Å². The normalized spacial score (nSPS) is 10.7. The Hall–Kier alpha value is -4.70. The number of hydrogen-bond donors (Lipinski definition) is 2. The number of anilines is 1. The van der Waals surface area contributed by atoms with Crippen LogP contribution in [0, 0.1) is 17.9 Å². The molecule has 16 heteroatoms. The second-order valence-electron chi connectivity index (χ2n) is 9.82. The number of rotatable bonds is 8. The van der Waals surface area contributed by atoms with E-state index < -0.39 is 0 Å². The fraction of sp³-hybridized carbons (Fsp3) is 0.273. The summed E-state index contributed by atoms with van der Waals surface area (Å²) in [6.07, 6.45) is 4.98. The van der Waals surface area contributed by atoms with Crippen molar-refractivity contribution in [3.05, 3.63) is 99.0 Å². The van der Waals surface area contributed by atoms with Gasteiger partial charge in [0, 0.05) is 30.6 Å². The fourth-order valence-corrected chi connectivity index (χ4v) is 4.70. The van der Waals surface area contributed by atoms with Crippen LogP contribution < -0.4 is 10.5 Å². The predicted molar refractivity (Wildman–Crippen MR) is 194 cm³/mol. The third-order valence-corrected chi connectivity index (χ3v) is 7.40. The summed E-state index contributed by atoms with van der Waals surface area (Å²) in [6.45, 7) is 10.4. The van der Waals surface area contributed by atoms with Gasteiger partial charge >= 0.3 is 6.01 Å². The summed E-state index contributed by atoms with van der Waals surface area (Å²) < 4.78 is 11.8. The van der Waals surface area contributed by atoms with Gasteiger partial charge in [0.2, 0.25) is 5.28 Å². The lowest BCUT2D eigenvalue weighted by Crippen LogP contribution is -2.05. The van der Waals surface area contributed by atoms with Crippen LogP contribution in [-0.2, 0) is 23.0 Å². The lowest BCUT2D eigenvalue weighted by atomic mass is 10.1. The van der Waals surface area contributed by atoms with Crippen molar-refractivity contribution in [2.75, 3.05) is 32.7 Å². The van der Waals surface area contributed by atoms with Crippen LogP contribution in [0.5, 0.6) is 6.01 Å². The number of benzene rings is 2. The smallest absolute Gasteiger partial charge is 0.320 e. The van der Waals surface area contributed by atoms with Crippen LogP contribution in [0.25, 0.3) is 16.0 Å². The van der Waals surface area contributed by atoms with E-state index in [0.717, 1.165) is 22.9 Å². The first-order valence-corrected chi connectivity index (χ1v) is 16.6. The molecule has 49 heavy (non-hydrogen) atoms. The maximum absolute atomic E-state index is 8.85. The maximum Gasteiger partial charge on any atom is 0.320 e. The van der Waals surface area contributed by atoms with Crippen molar-refractivity contribution in [3.63, 3.8) is 0 Å². The average Bonchev–Trinajstić information content (AvgIpc) is 3.77. The van der Waals surface area contributed by atoms with Crippen molar-refractivity contribution in [3.8, 4) is 12.1 Å². The second kappa shape index (κ2) is 20.6. The predicted octanol–water partition coefficient (Wildman–Crippen LogP) is 6.92. The molecule has 0 aliphatic carbocycles. The summed E-state index contributed by atoms with van der Waals surface area (Å²) in [7, 11) is 1.55. The SMILES string of the molecule is CCCOc1nc(N)c2ncn(Cc3ccc(C#N)cc3)c2n1.COCCO.Clc1nc(Cl)c2c(n1)N=CC2.[C-]#[N+]c1ccc(CBr)cc1. The molecule has 3 N–H and O–H groups in total. The van der Waals surface area contributed by atoms with E-state index in [0.29, 0.717) is 65.4 Å². The average molecular weight is 769 g/mol. The largest absolute Gasteiger partial charge is 0.463 e. The molecule has 6 rings (SSSR count). The number of methoxy groups -OCH3 is 1. The van der Waals surface area contributed by atoms with Crippen LogP contribution in [-0.4, -0.2) is 67.7 Å². The van der Waals surface area contributed by atoms with Gasteiger partial charge in [0.05, 0.1) is 50.9 Å². The third kappa shape index (κ3) is 12.0. The van der Waals surface area contributed by atoms with Crippen molar-refractivity contribution in [1.29, 1.82) is 5.26 Å². The second-order valence-corrected chi connectivity index (χ2v) is 11.1. The van der Waals surface area contributed by atoms with Gasteiger partial charge in [-0.05, 0) is 41.3 Å². The zero-order valence-electron chi connectivity index (χ0n) is 26.7. The zero-order valence-corrected chi connectivity index (χ0v) is 29.8. The van der Waals surface area contributed by atoms with E-state index in [2.05, 4.69) is 61.5 Å². The van der Waals surface area contributed by atoms with Gasteiger partial charge in [-0.25, -0.2) is 19.8 Å². The topological polar surface area (TPSA) is 175 Å². The van der Waals surface area contributed by atoms with Crippen molar-refractivity contribution in [2.45, 2.75) is 31.6 Å². The third-order valence-electron chi connectivity index (χ3n) is 6.27. The Morgan fingerprint density at radius 2 is 1.78 bits per heavy atom. The van der Waals surface area contributed by atoms with E-state index in [4.69, 9.17) is 50.6 Å².